The molecular weight excluding hydrogens is 188 g/mol. The van der Waals surface area contributed by atoms with E-state index in [1.807, 2.05) is 0 Å². The molecular formula is C8H4N2O4. The maximum atomic E-state index is 10.5. The van der Waals surface area contributed by atoms with Gasteiger partial charge in [0.2, 0.25) is 0 Å². The van der Waals surface area contributed by atoms with Gasteiger partial charge in [-0.1, -0.05) is 0 Å². The number of aromatic carboxylic acids is 2. The van der Waals surface area contributed by atoms with E-state index >= 15 is 0 Å². The lowest BCUT2D eigenvalue weighted by atomic mass is 10.2. The van der Waals surface area contributed by atoms with Gasteiger partial charge in [-0.15, -0.1) is 0 Å². The minimum absolute atomic E-state index is 0.308. The molecule has 14 heavy (non-hydrogen) atoms. The van der Waals surface area contributed by atoms with Crippen molar-refractivity contribution in [1.82, 2.24) is 4.98 Å². The molecule has 0 fully saturated rings. The molecule has 0 aromatic carbocycles. The summed E-state index contributed by atoms with van der Waals surface area (Å²) >= 11 is 0. The van der Waals surface area contributed by atoms with Crippen LogP contribution in [0, 0.1) is 11.3 Å². The average molecular weight is 192 g/mol. The molecule has 0 atom stereocenters. The third kappa shape index (κ3) is 1.67. The number of carbonyl (C=O) groups is 2. The first-order valence-corrected chi connectivity index (χ1v) is 3.44. The number of aromatic nitrogens is 1. The van der Waals surface area contributed by atoms with Gasteiger partial charge in [0.15, 0.2) is 5.69 Å². The zero-order valence-electron chi connectivity index (χ0n) is 6.76. The van der Waals surface area contributed by atoms with Crippen molar-refractivity contribution in [3.63, 3.8) is 0 Å². The molecule has 0 aliphatic heterocycles. The van der Waals surface area contributed by atoms with Gasteiger partial charge in [0.05, 0.1) is 5.56 Å². The number of rotatable bonds is 2. The Bertz CT molecular complexity index is 447. The first-order chi connectivity index (χ1) is 6.56. The molecule has 70 valence electrons. The maximum Gasteiger partial charge on any atom is 0.354 e. The standard InChI is InChI=1S/C8H4N2O4/c9-3-6-4(7(11)12)1-2-5(10-6)8(13)14/h1-2H,(H,11,12)(H,13,14). The van der Waals surface area contributed by atoms with Gasteiger partial charge in [0.25, 0.3) is 0 Å². The van der Waals surface area contributed by atoms with Gasteiger partial charge in [-0.25, -0.2) is 14.6 Å². The molecule has 0 radical (unpaired) electrons. The van der Waals surface area contributed by atoms with Crippen LogP contribution in [-0.4, -0.2) is 27.1 Å². The Kier molecular flexibility index (Phi) is 2.44. The summed E-state index contributed by atoms with van der Waals surface area (Å²) in [6, 6.07) is 3.59. The number of hydrogen-bond donors (Lipinski definition) is 2. The van der Waals surface area contributed by atoms with Crippen LogP contribution in [0.25, 0.3) is 0 Å². The van der Waals surface area contributed by atoms with E-state index in [4.69, 9.17) is 15.5 Å². The van der Waals surface area contributed by atoms with E-state index < -0.39 is 17.6 Å². The first-order valence-electron chi connectivity index (χ1n) is 3.44. The molecule has 1 aromatic heterocycles. The van der Waals surface area contributed by atoms with Crippen molar-refractivity contribution in [2.45, 2.75) is 0 Å². The minimum Gasteiger partial charge on any atom is -0.478 e. The Balaban J connectivity index is 3.34. The van der Waals surface area contributed by atoms with Crippen LogP contribution in [0.2, 0.25) is 0 Å². The maximum absolute atomic E-state index is 10.5. The zero-order chi connectivity index (χ0) is 10.7. The monoisotopic (exact) mass is 192 g/mol. The predicted molar refractivity (Wildman–Crippen MR) is 42.9 cm³/mol. The molecule has 0 bridgehead atoms. The smallest absolute Gasteiger partial charge is 0.354 e. The second-order valence-corrected chi connectivity index (χ2v) is 2.31. The Hall–Kier alpha value is -2.42. The molecule has 1 heterocycles. The highest BCUT2D eigenvalue weighted by Gasteiger charge is 2.14. The molecule has 0 amide bonds. The Morgan fingerprint density at radius 3 is 2.36 bits per heavy atom. The number of nitrogens with zero attached hydrogens (tertiary/aromatic N) is 2. The number of pyridine rings is 1. The van der Waals surface area contributed by atoms with Gasteiger partial charge in [0, 0.05) is 0 Å². The van der Waals surface area contributed by atoms with E-state index in [2.05, 4.69) is 4.98 Å². The van der Waals surface area contributed by atoms with E-state index in [1.54, 1.807) is 0 Å². The van der Waals surface area contributed by atoms with Crippen LogP contribution in [-0.2, 0) is 0 Å². The fourth-order valence-electron chi connectivity index (χ4n) is 0.836. The molecule has 0 unspecified atom stereocenters. The number of carboxylic acid groups (broad SMARTS) is 2. The van der Waals surface area contributed by atoms with Crippen LogP contribution in [0.4, 0.5) is 0 Å². The summed E-state index contributed by atoms with van der Waals surface area (Å²) in [5.74, 6) is -2.62. The lowest BCUT2D eigenvalue weighted by molar-refractivity contribution is 0.0675. The van der Waals surface area contributed by atoms with E-state index in [9.17, 15) is 9.59 Å². The first kappa shape index (κ1) is 9.67. The van der Waals surface area contributed by atoms with Crippen molar-refractivity contribution in [2.24, 2.45) is 0 Å². The van der Waals surface area contributed by atoms with Crippen molar-refractivity contribution in [2.75, 3.05) is 0 Å². The fourth-order valence-corrected chi connectivity index (χ4v) is 0.836. The van der Waals surface area contributed by atoms with Crippen LogP contribution in [0.1, 0.15) is 26.5 Å². The van der Waals surface area contributed by atoms with E-state index in [0.717, 1.165) is 12.1 Å². The summed E-state index contributed by atoms with van der Waals surface area (Å²) in [7, 11) is 0. The molecule has 6 heteroatoms. The molecule has 2 N–H and O–H groups in total. The summed E-state index contributed by atoms with van der Waals surface area (Å²) in [5, 5.41) is 25.6. The van der Waals surface area contributed by atoms with Crippen LogP contribution in [0.3, 0.4) is 0 Å². The van der Waals surface area contributed by atoms with Gasteiger partial charge in [-0.05, 0) is 12.1 Å². The molecule has 0 spiro atoms. The van der Waals surface area contributed by atoms with Crippen molar-refractivity contribution in [3.8, 4) is 6.07 Å². The average Bonchev–Trinajstić information content (AvgIpc) is 2.16. The van der Waals surface area contributed by atoms with E-state index in [0.29, 0.717) is 0 Å². The van der Waals surface area contributed by atoms with Crippen LogP contribution in [0.5, 0.6) is 0 Å². The van der Waals surface area contributed by atoms with Gasteiger partial charge in [-0.2, -0.15) is 5.26 Å². The summed E-state index contributed by atoms with van der Waals surface area (Å²) in [5.41, 5.74) is -1.07. The molecule has 0 saturated carbocycles. The van der Waals surface area contributed by atoms with Crippen LogP contribution >= 0.6 is 0 Å². The highest BCUT2D eigenvalue weighted by Crippen LogP contribution is 2.06. The van der Waals surface area contributed by atoms with Crippen LogP contribution < -0.4 is 0 Å². The number of carboxylic acids is 2. The molecule has 1 rings (SSSR count). The summed E-state index contributed by atoms with van der Waals surface area (Å²) < 4.78 is 0. The molecule has 0 aliphatic rings. The van der Waals surface area contributed by atoms with E-state index in [1.165, 1.54) is 6.07 Å². The number of nitriles is 1. The van der Waals surface area contributed by atoms with Crippen molar-refractivity contribution in [3.05, 3.63) is 29.1 Å². The van der Waals surface area contributed by atoms with Crippen molar-refractivity contribution < 1.29 is 19.8 Å². The molecule has 1 aromatic rings. The predicted octanol–water partition coefficient (Wildman–Crippen LogP) is 0.350. The van der Waals surface area contributed by atoms with Crippen molar-refractivity contribution >= 4 is 11.9 Å². The lowest BCUT2D eigenvalue weighted by Gasteiger charge is -1.98. The quantitative estimate of drug-likeness (QED) is 0.699. The fraction of sp³-hybridized carbons (Fsp3) is 0. The zero-order valence-corrected chi connectivity index (χ0v) is 6.76. The van der Waals surface area contributed by atoms with Gasteiger partial charge in [-0.3, -0.25) is 0 Å². The summed E-state index contributed by atoms with van der Waals surface area (Å²) in [6.45, 7) is 0. The highest BCUT2D eigenvalue weighted by molar-refractivity contribution is 5.92. The Labute approximate surface area is 78.0 Å². The Morgan fingerprint density at radius 1 is 1.29 bits per heavy atom. The SMILES string of the molecule is N#Cc1nc(C(=O)O)ccc1C(=O)O. The minimum atomic E-state index is -1.31. The molecule has 0 aliphatic carbocycles. The summed E-state index contributed by atoms with van der Waals surface area (Å²) in [4.78, 5) is 24.3. The van der Waals surface area contributed by atoms with Crippen molar-refractivity contribution in [1.29, 1.82) is 5.26 Å². The number of hydrogen-bond acceptors (Lipinski definition) is 4. The van der Waals surface area contributed by atoms with Gasteiger partial charge >= 0.3 is 11.9 Å². The topological polar surface area (TPSA) is 111 Å². The van der Waals surface area contributed by atoms with Crippen LogP contribution in [0.15, 0.2) is 12.1 Å². The largest absolute Gasteiger partial charge is 0.478 e. The summed E-state index contributed by atoms with van der Waals surface area (Å²) in [6.07, 6.45) is 0. The molecule has 0 saturated heterocycles. The Morgan fingerprint density at radius 2 is 1.93 bits per heavy atom. The highest BCUT2D eigenvalue weighted by atomic mass is 16.4. The second kappa shape index (κ2) is 3.53. The molecule has 6 nitrogen and oxygen atoms in total. The van der Waals surface area contributed by atoms with Gasteiger partial charge < -0.3 is 10.2 Å². The van der Waals surface area contributed by atoms with Gasteiger partial charge in [0.1, 0.15) is 11.8 Å². The second-order valence-electron chi connectivity index (χ2n) is 2.31. The third-order valence-corrected chi connectivity index (χ3v) is 1.45. The lowest BCUT2D eigenvalue weighted by Crippen LogP contribution is -2.07. The normalized spacial score (nSPS) is 9.07. The van der Waals surface area contributed by atoms with E-state index in [-0.39, 0.29) is 11.3 Å². The third-order valence-electron chi connectivity index (χ3n) is 1.45.